The highest BCUT2D eigenvalue weighted by molar-refractivity contribution is 4.95. The van der Waals surface area contributed by atoms with Crippen molar-refractivity contribution < 1.29 is 8.78 Å². The van der Waals surface area contributed by atoms with Gasteiger partial charge in [0.15, 0.2) is 0 Å². The molecule has 1 saturated heterocycles. The van der Waals surface area contributed by atoms with Crippen molar-refractivity contribution >= 4 is 0 Å². The van der Waals surface area contributed by atoms with Gasteiger partial charge in [0.05, 0.1) is 0 Å². The van der Waals surface area contributed by atoms with E-state index < -0.39 is 5.92 Å². The van der Waals surface area contributed by atoms with Gasteiger partial charge in [-0.25, -0.2) is 8.78 Å². The lowest BCUT2D eigenvalue weighted by Gasteiger charge is -2.37. The summed E-state index contributed by atoms with van der Waals surface area (Å²) in [4.78, 5) is 2.24. The van der Waals surface area contributed by atoms with Gasteiger partial charge in [-0.3, -0.25) is 0 Å². The predicted molar refractivity (Wildman–Crippen MR) is 48.0 cm³/mol. The molecule has 0 radical (unpaired) electrons. The van der Waals surface area contributed by atoms with E-state index in [4.69, 9.17) is 0 Å². The van der Waals surface area contributed by atoms with E-state index in [0.717, 1.165) is 32.4 Å². The quantitative estimate of drug-likeness (QED) is 0.566. The molecule has 1 nitrogen and oxygen atoms in total. The largest absolute Gasteiger partial charge is 0.306 e. The van der Waals surface area contributed by atoms with Crippen LogP contribution in [0.3, 0.4) is 0 Å². The van der Waals surface area contributed by atoms with Crippen molar-refractivity contribution in [3.8, 4) is 0 Å². The van der Waals surface area contributed by atoms with Crippen LogP contribution in [0.4, 0.5) is 8.78 Å². The Labute approximate surface area is 78.1 Å². The number of halogens is 2. The molecule has 1 heterocycles. The predicted octanol–water partition coefficient (Wildman–Crippen LogP) is 2.52. The van der Waals surface area contributed by atoms with Crippen molar-refractivity contribution in [2.75, 3.05) is 20.1 Å². The molecular weight excluding hydrogens is 172 g/mol. The van der Waals surface area contributed by atoms with Gasteiger partial charge in [0, 0.05) is 12.8 Å². The molecule has 13 heavy (non-hydrogen) atoms. The van der Waals surface area contributed by atoms with Crippen LogP contribution in [0.15, 0.2) is 0 Å². The molecule has 0 aromatic carbocycles. The molecule has 3 heteroatoms. The number of likely N-dealkylation sites (tertiary alicyclic amines) is 1. The Bertz CT molecular complexity index is 195. The molecule has 2 aliphatic rings. The van der Waals surface area contributed by atoms with E-state index in [0.29, 0.717) is 0 Å². The first-order valence-electron chi connectivity index (χ1n) is 5.08. The van der Waals surface area contributed by atoms with E-state index in [-0.39, 0.29) is 18.3 Å². The fourth-order valence-electron chi connectivity index (χ4n) is 2.69. The number of hydrogen-bond donors (Lipinski definition) is 0. The second-order valence-corrected chi connectivity index (χ2v) is 4.84. The summed E-state index contributed by atoms with van der Waals surface area (Å²) in [7, 11) is 2.07. The van der Waals surface area contributed by atoms with Crippen molar-refractivity contribution in [1.82, 2.24) is 4.90 Å². The Kier molecular flexibility index (Phi) is 2.10. The van der Waals surface area contributed by atoms with E-state index in [2.05, 4.69) is 11.9 Å². The normalized spacial score (nSPS) is 32.5. The average molecular weight is 189 g/mol. The molecule has 0 N–H and O–H groups in total. The molecule has 0 aromatic rings. The topological polar surface area (TPSA) is 3.24 Å². The van der Waals surface area contributed by atoms with Crippen LogP contribution < -0.4 is 0 Å². The lowest BCUT2D eigenvalue weighted by molar-refractivity contribution is -0.0120. The zero-order chi connectivity index (χ0) is 9.53. The van der Waals surface area contributed by atoms with Gasteiger partial charge in [-0.05, 0) is 44.8 Å². The highest BCUT2D eigenvalue weighted by Gasteiger charge is 2.49. The van der Waals surface area contributed by atoms with Crippen LogP contribution in [0.2, 0.25) is 0 Å². The van der Waals surface area contributed by atoms with Crippen LogP contribution >= 0.6 is 0 Å². The van der Waals surface area contributed by atoms with Crippen molar-refractivity contribution in [3.63, 3.8) is 0 Å². The number of nitrogens with zero attached hydrogens (tertiary/aromatic N) is 1. The molecule has 0 bridgehead atoms. The van der Waals surface area contributed by atoms with Gasteiger partial charge in [-0.1, -0.05) is 0 Å². The summed E-state index contributed by atoms with van der Waals surface area (Å²) >= 11 is 0. The fourth-order valence-corrected chi connectivity index (χ4v) is 2.69. The Morgan fingerprint density at radius 1 is 1.00 bits per heavy atom. The van der Waals surface area contributed by atoms with Crippen molar-refractivity contribution in [2.24, 2.45) is 5.41 Å². The molecule has 0 amide bonds. The SMILES string of the molecule is CN1CCC2(CC1)CCC(F)(F)C2. The van der Waals surface area contributed by atoms with Gasteiger partial charge in [0.1, 0.15) is 0 Å². The van der Waals surface area contributed by atoms with E-state index in [1.165, 1.54) is 0 Å². The second kappa shape index (κ2) is 2.91. The Balaban J connectivity index is 2.00. The summed E-state index contributed by atoms with van der Waals surface area (Å²) in [6.07, 6.45) is 2.95. The fraction of sp³-hybridized carbons (Fsp3) is 1.00. The Hall–Kier alpha value is -0.180. The first kappa shape index (κ1) is 9.38. The highest BCUT2D eigenvalue weighted by atomic mass is 19.3. The lowest BCUT2D eigenvalue weighted by atomic mass is 9.77. The van der Waals surface area contributed by atoms with Crippen LogP contribution in [0.5, 0.6) is 0 Å². The number of piperidine rings is 1. The van der Waals surface area contributed by atoms with E-state index in [1.54, 1.807) is 0 Å². The first-order valence-corrected chi connectivity index (χ1v) is 5.08. The Morgan fingerprint density at radius 3 is 2.08 bits per heavy atom. The minimum absolute atomic E-state index is 0.00396. The minimum Gasteiger partial charge on any atom is -0.306 e. The third kappa shape index (κ3) is 1.85. The standard InChI is InChI=1S/C10H17F2N/c1-13-6-4-9(5-7-13)2-3-10(11,12)8-9/h2-8H2,1H3. The molecule has 1 saturated carbocycles. The molecule has 0 unspecified atom stereocenters. The monoisotopic (exact) mass is 189 g/mol. The number of alkyl halides is 2. The summed E-state index contributed by atoms with van der Waals surface area (Å²) in [5.74, 6) is -2.37. The summed E-state index contributed by atoms with van der Waals surface area (Å²) in [6.45, 7) is 1.99. The maximum absolute atomic E-state index is 13.1. The van der Waals surface area contributed by atoms with Gasteiger partial charge in [-0.2, -0.15) is 0 Å². The molecule has 2 rings (SSSR count). The zero-order valence-corrected chi connectivity index (χ0v) is 8.15. The first-order chi connectivity index (χ1) is 6.02. The maximum atomic E-state index is 13.1. The summed E-state index contributed by atoms with van der Waals surface area (Å²) in [5, 5.41) is 0. The van der Waals surface area contributed by atoms with Gasteiger partial charge < -0.3 is 4.90 Å². The van der Waals surface area contributed by atoms with Crippen LogP contribution in [0, 0.1) is 5.41 Å². The lowest BCUT2D eigenvalue weighted by Crippen LogP contribution is -2.37. The van der Waals surface area contributed by atoms with Crippen LogP contribution in [0.1, 0.15) is 32.1 Å². The van der Waals surface area contributed by atoms with E-state index in [1.807, 2.05) is 0 Å². The molecular formula is C10H17F2N. The maximum Gasteiger partial charge on any atom is 0.248 e. The van der Waals surface area contributed by atoms with Crippen molar-refractivity contribution in [1.29, 1.82) is 0 Å². The van der Waals surface area contributed by atoms with Crippen molar-refractivity contribution in [3.05, 3.63) is 0 Å². The third-order valence-electron chi connectivity index (χ3n) is 3.70. The number of hydrogen-bond acceptors (Lipinski definition) is 1. The smallest absolute Gasteiger partial charge is 0.248 e. The molecule has 1 aliphatic carbocycles. The minimum atomic E-state index is -2.37. The molecule has 0 aromatic heterocycles. The van der Waals surface area contributed by atoms with Gasteiger partial charge in [0.25, 0.3) is 0 Å². The summed E-state index contributed by atoms with van der Waals surface area (Å²) in [5.41, 5.74) is -0.00396. The van der Waals surface area contributed by atoms with Gasteiger partial charge in [0.2, 0.25) is 5.92 Å². The average Bonchev–Trinajstić information content (AvgIpc) is 2.35. The molecule has 0 atom stereocenters. The highest BCUT2D eigenvalue weighted by Crippen LogP contribution is 2.52. The molecule has 2 fully saturated rings. The van der Waals surface area contributed by atoms with Crippen LogP contribution in [-0.2, 0) is 0 Å². The van der Waals surface area contributed by atoms with Crippen LogP contribution in [-0.4, -0.2) is 31.0 Å². The van der Waals surface area contributed by atoms with Crippen molar-refractivity contribution in [2.45, 2.75) is 38.0 Å². The summed E-state index contributed by atoms with van der Waals surface area (Å²) < 4.78 is 26.1. The zero-order valence-electron chi connectivity index (χ0n) is 8.15. The molecule has 1 spiro atoms. The third-order valence-corrected chi connectivity index (χ3v) is 3.70. The second-order valence-electron chi connectivity index (χ2n) is 4.84. The van der Waals surface area contributed by atoms with Gasteiger partial charge in [-0.15, -0.1) is 0 Å². The molecule has 76 valence electrons. The van der Waals surface area contributed by atoms with E-state index in [9.17, 15) is 8.78 Å². The van der Waals surface area contributed by atoms with E-state index >= 15 is 0 Å². The molecule has 1 aliphatic heterocycles. The number of rotatable bonds is 0. The summed E-state index contributed by atoms with van der Waals surface area (Å²) in [6, 6.07) is 0. The Morgan fingerprint density at radius 2 is 1.62 bits per heavy atom. The van der Waals surface area contributed by atoms with Gasteiger partial charge >= 0.3 is 0 Å². The van der Waals surface area contributed by atoms with Crippen LogP contribution in [0.25, 0.3) is 0 Å².